The van der Waals surface area contributed by atoms with E-state index in [9.17, 15) is 21.6 Å². The van der Waals surface area contributed by atoms with Crippen molar-refractivity contribution in [2.45, 2.75) is 11.1 Å². The third-order valence-corrected chi connectivity index (χ3v) is 4.03. The van der Waals surface area contributed by atoms with Crippen molar-refractivity contribution in [3.05, 3.63) is 54.6 Å². The molecule has 0 aliphatic carbocycles. The van der Waals surface area contributed by atoms with Gasteiger partial charge in [0, 0.05) is 18.0 Å². The Morgan fingerprint density at radius 2 is 1.76 bits per heavy atom. The van der Waals surface area contributed by atoms with Crippen LogP contribution in [0.15, 0.2) is 53.7 Å². The van der Waals surface area contributed by atoms with E-state index < -0.39 is 27.0 Å². The van der Waals surface area contributed by atoms with Gasteiger partial charge in [-0.05, 0) is 36.4 Å². The van der Waals surface area contributed by atoms with E-state index in [1.807, 2.05) is 0 Å². The van der Waals surface area contributed by atoms with Crippen molar-refractivity contribution in [2.24, 2.45) is 0 Å². The highest BCUT2D eigenvalue weighted by Crippen LogP contribution is 2.30. The molecule has 2 aromatic heterocycles. The largest absolute Gasteiger partial charge is 0.453 e. The number of hydrogen-bond acceptors (Lipinski definition) is 5. The van der Waals surface area contributed by atoms with Crippen LogP contribution in [-0.2, 0) is 16.3 Å². The molecule has 0 bridgehead atoms. The van der Waals surface area contributed by atoms with Gasteiger partial charge in [-0.2, -0.15) is 21.6 Å². The normalized spacial score (nSPS) is 12.3. The first-order valence-electron chi connectivity index (χ1n) is 6.69. The molecular formula is C14H9F3N4O3S. The molecular weight excluding hydrogens is 361 g/mol. The molecule has 7 nitrogen and oxygen atoms in total. The van der Waals surface area contributed by atoms with Gasteiger partial charge in [-0.25, -0.2) is 9.67 Å². The fourth-order valence-electron chi connectivity index (χ4n) is 2.05. The van der Waals surface area contributed by atoms with Crippen molar-refractivity contribution in [2.75, 3.05) is 0 Å². The topological polar surface area (TPSA) is 98.0 Å². The highest BCUT2D eigenvalue weighted by molar-refractivity contribution is 7.85. The lowest BCUT2D eigenvalue weighted by Gasteiger charge is -2.06. The summed E-state index contributed by atoms with van der Waals surface area (Å²) in [5, 5.41) is 3.46. The van der Waals surface area contributed by atoms with Crippen LogP contribution in [0, 0.1) is 0 Å². The Hall–Kier alpha value is -2.79. The summed E-state index contributed by atoms with van der Waals surface area (Å²) in [4.78, 5) is 6.96. The maximum atomic E-state index is 13.0. The van der Waals surface area contributed by atoms with Gasteiger partial charge in [0.05, 0.1) is 10.6 Å². The van der Waals surface area contributed by atoms with E-state index in [2.05, 4.69) is 15.1 Å². The number of nitrogens with zero attached hydrogens (tertiary/aromatic N) is 4. The zero-order valence-electron chi connectivity index (χ0n) is 12.2. The van der Waals surface area contributed by atoms with Crippen molar-refractivity contribution in [1.29, 1.82) is 0 Å². The first kappa shape index (κ1) is 17.0. The summed E-state index contributed by atoms with van der Waals surface area (Å²) in [5.41, 5.74) is 0.429. The van der Waals surface area contributed by atoms with E-state index in [1.54, 1.807) is 0 Å². The van der Waals surface area contributed by atoms with Crippen molar-refractivity contribution in [3.8, 4) is 17.1 Å². The second kappa shape index (κ2) is 5.93. The van der Waals surface area contributed by atoms with Crippen molar-refractivity contribution >= 4 is 10.1 Å². The average molecular weight is 370 g/mol. The standard InChI is InChI=1S/C14H9F3N4O3S/c15-14(16,17)13-19-12(9-2-1-7-18-8-9)21(20-13)10-3-5-11(6-4-10)25(22,23)24/h1-8H,(H,22,23,24). The number of hydrogen-bond donors (Lipinski definition) is 1. The van der Waals surface area contributed by atoms with Crippen LogP contribution in [0.3, 0.4) is 0 Å². The molecule has 0 saturated heterocycles. The molecule has 0 aliphatic heterocycles. The van der Waals surface area contributed by atoms with E-state index in [4.69, 9.17) is 4.55 Å². The van der Waals surface area contributed by atoms with Crippen LogP contribution in [-0.4, -0.2) is 32.7 Å². The second-order valence-electron chi connectivity index (χ2n) is 4.88. The molecule has 0 aliphatic rings. The molecule has 0 spiro atoms. The van der Waals surface area contributed by atoms with Crippen LogP contribution in [0.1, 0.15) is 5.82 Å². The number of benzene rings is 1. The maximum absolute atomic E-state index is 13.0. The number of halogens is 3. The molecule has 0 saturated carbocycles. The Labute approximate surface area is 139 Å². The summed E-state index contributed by atoms with van der Waals surface area (Å²) in [7, 11) is -4.42. The SMILES string of the molecule is O=S(=O)(O)c1ccc(-n2nc(C(F)(F)F)nc2-c2cccnc2)cc1. The van der Waals surface area contributed by atoms with E-state index in [1.165, 1.54) is 36.7 Å². The first-order chi connectivity index (χ1) is 11.7. The lowest BCUT2D eigenvalue weighted by Crippen LogP contribution is -2.08. The Bertz CT molecular complexity index is 1000. The van der Waals surface area contributed by atoms with Crippen LogP contribution >= 0.6 is 0 Å². The lowest BCUT2D eigenvalue weighted by atomic mass is 10.2. The molecule has 3 rings (SSSR count). The van der Waals surface area contributed by atoms with E-state index in [0.29, 0.717) is 5.56 Å². The minimum absolute atomic E-state index is 0.111. The highest BCUT2D eigenvalue weighted by Gasteiger charge is 2.37. The first-order valence-corrected chi connectivity index (χ1v) is 8.13. The summed E-state index contributed by atoms with van der Waals surface area (Å²) in [5.74, 6) is -1.45. The van der Waals surface area contributed by atoms with Crippen LogP contribution in [0.2, 0.25) is 0 Å². The zero-order valence-corrected chi connectivity index (χ0v) is 13.0. The summed E-state index contributed by atoms with van der Waals surface area (Å²) in [6.45, 7) is 0. The molecule has 1 N–H and O–H groups in total. The Morgan fingerprint density at radius 1 is 1.08 bits per heavy atom. The van der Waals surface area contributed by atoms with Crippen molar-refractivity contribution < 1.29 is 26.1 Å². The van der Waals surface area contributed by atoms with Gasteiger partial charge in [-0.3, -0.25) is 9.54 Å². The third-order valence-electron chi connectivity index (χ3n) is 3.16. The number of rotatable bonds is 3. The minimum Gasteiger partial charge on any atom is -0.282 e. The van der Waals surface area contributed by atoms with Gasteiger partial charge in [-0.15, -0.1) is 5.10 Å². The lowest BCUT2D eigenvalue weighted by molar-refractivity contribution is -0.144. The van der Waals surface area contributed by atoms with Gasteiger partial charge in [-0.1, -0.05) is 0 Å². The monoisotopic (exact) mass is 370 g/mol. The van der Waals surface area contributed by atoms with Gasteiger partial charge in [0.2, 0.25) is 0 Å². The Morgan fingerprint density at radius 3 is 2.28 bits per heavy atom. The summed E-state index contributed by atoms with van der Waals surface area (Å²) >= 11 is 0. The molecule has 3 aromatic rings. The third kappa shape index (κ3) is 3.51. The summed E-state index contributed by atoms with van der Waals surface area (Å²) < 4.78 is 70.9. The van der Waals surface area contributed by atoms with Crippen LogP contribution < -0.4 is 0 Å². The van der Waals surface area contributed by atoms with E-state index in [-0.39, 0.29) is 11.5 Å². The van der Waals surface area contributed by atoms with Gasteiger partial charge < -0.3 is 0 Å². The van der Waals surface area contributed by atoms with E-state index in [0.717, 1.165) is 16.8 Å². The Balaban J connectivity index is 2.16. The van der Waals surface area contributed by atoms with E-state index >= 15 is 0 Å². The second-order valence-corrected chi connectivity index (χ2v) is 6.30. The smallest absolute Gasteiger partial charge is 0.282 e. The predicted octanol–water partition coefficient (Wildman–Crippen LogP) is 2.59. The number of alkyl halides is 3. The van der Waals surface area contributed by atoms with Crippen molar-refractivity contribution in [1.82, 2.24) is 19.7 Å². The minimum atomic E-state index is -4.75. The zero-order chi connectivity index (χ0) is 18.2. The summed E-state index contributed by atoms with van der Waals surface area (Å²) in [6.07, 6.45) is -1.97. The molecule has 1 aromatic carbocycles. The fraction of sp³-hybridized carbons (Fsp3) is 0.0714. The Kier molecular flexibility index (Phi) is 4.05. The molecule has 0 unspecified atom stereocenters. The van der Waals surface area contributed by atoms with Gasteiger partial charge in [0.1, 0.15) is 0 Å². The molecule has 0 fully saturated rings. The quantitative estimate of drug-likeness (QED) is 0.712. The number of pyridine rings is 1. The van der Waals surface area contributed by atoms with Gasteiger partial charge >= 0.3 is 6.18 Å². The van der Waals surface area contributed by atoms with Crippen LogP contribution in [0.25, 0.3) is 17.1 Å². The average Bonchev–Trinajstić information content (AvgIpc) is 3.00. The summed E-state index contributed by atoms with van der Waals surface area (Å²) in [6, 6.07) is 7.55. The van der Waals surface area contributed by atoms with Gasteiger partial charge in [0.25, 0.3) is 15.9 Å². The molecule has 0 radical (unpaired) electrons. The highest BCUT2D eigenvalue weighted by atomic mass is 32.2. The molecule has 0 amide bonds. The molecule has 25 heavy (non-hydrogen) atoms. The maximum Gasteiger partial charge on any atom is 0.453 e. The fourth-order valence-corrected chi connectivity index (χ4v) is 2.53. The molecule has 130 valence electrons. The number of aromatic nitrogens is 4. The van der Waals surface area contributed by atoms with Crippen LogP contribution in [0.5, 0.6) is 0 Å². The predicted molar refractivity (Wildman–Crippen MR) is 79.4 cm³/mol. The molecule has 2 heterocycles. The van der Waals surface area contributed by atoms with Crippen molar-refractivity contribution in [3.63, 3.8) is 0 Å². The van der Waals surface area contributed by atoms with Crippen LogP contribution in [0.4, 0.5) is 13.2 Å². The molecule has 0 atom stereocenters. The molecule has 11 heteroatoms. The van der Waals surface area contributed by atoms with Gasteiger partial charge in [0.15, 0.2) is 5.82 Å².